The number of hydrogen-bond donors (Lipinski definition) is 1. The molecule has 1 aromatic rings. The van der Waals surface area contributed by atoms with Crippen molar-refractivity contribution in [1.29, 1.82) is 0 Å². The topological polar surface area (TPSA) is 46.2 Å². The van der Waals surface area contributed by atoms with Crippen LogP contribution < -0.4 is 5.32 Å². The molecule has 118 valence electrons. The van der Waals surface area contributed by atoms with Gasteiger partial charge in [-0.2, -0.15) is 0 Å². The van der Waals surface area contributed by atoms with E-state index in [2.05, 4.69) is 5.32 Å². The van der Waals surface area contributed by atoms with E-state index in [0.29, 0.717) is 5.75 Å². The Bertz CT molecular complexity index is 616. The van der Waals surface area contributed by atoms with Gasteiger partial charge in [0.15, 0.2) is 0 Å². The van der Waals surface area contributed by atoms with Crippen LogP contribution in [0.3, 0.4) is 0 Å². The number of carbonyl (C=O) groups is 2. The van der Waals surface area contributed by atoms with E-state index < -0.39 is 11.2 Å². The van der Waals surface area contributed by atoms with Gasteiger partial charge < -0.3 is 0 Å². The summed E-state index contributed by atoms with van der Waals surface area (Å²) in [6.07, 6.45) is -0.621. The molecule has 1 fully saturated rings. The quantitative estimate of drug-likeness (QED) is 0.857. The minimum Gasteiger partial charge on any atom is -0.286 e. The Labute approximate surface area is 135 Å². The molecule has 1 unspecified atom stereocenters. The van der Waals surface area contributed by atoms with Gasteiger partial charge in [-0.25, -0.2) is 8.78 Å². The van der Waals surface area contributed by atoms with E-state index in [9.17, 15) is 18.4 Å². The minimum atomic E-state index is -2.49. The van der Waals surface area contributed by atoms with Crippen LogP contribution in [0.4, 0.5) is 13.6 Å². The summed E-state index contributed by atoms with van der Waals surface area (Å²) >= 11 is 2.41. The van der Waals surface area contributed by atoms with E-state index in [0.717, 1.165) is 22.2 Å². The molecule has 3 nitrogen and oxygen atoms in total. The van der Waals surface area contributed by atoms with Crippen molar-refractivity contribution in [3.63, 3.8) is 0 Å². The number of carbonyl (C=O) groups excluding carboxylic acids is 2. The highest BCUT2D eigenvalue weighted by Crippen LogP contribution is 2.39. The van der Waals surface area contributed by atoms with Crippen LogP contribution in [0.15, 0.2) is 30.3 Å². The maximum absolute atomic E-state index is 12.6. The van der Waals surface area contributed by atoms with Gasteiger partial charge in [-0.15, -0.1) is 11.8 Å². The molecular formula is C15H15F2NO2S2. The monoisotopic (exact) mass is 343 g/mol. The smallest absolute Gasteiger partial charge is 0.286 e. The lowest BCUT2D eigenvalue weighted by Crippen LogP contribution is -2.35. The van der Waals surface area contributed by atoms with Crippen molar-refractivity contribution in [2.24, 2.45) is 0 Å². The van der Waals surface area contributed by atoms with Crippen LogP contribution in [0.5, 0.6) is 0 Å². The van der Waals surface area contributed by atoms with Crippen molar-refractivity contribution < 1.29 is 18.4 Å². The molecule has 0 saturated carbocycles. The van der Waals surface area contributed by atoms with Crippen LogP contribution in [-0.2, 0) is 4.79 Å². The number of rotatable bonds is 5. The molecule has 1 heterocycles. The zero-order valence-corrected chi connectivity index (χ0v) is 13.7. The summed E-state index contributed by atoms with van der Waals surface area (Å²) in [5.41, 5.74) is 0.794. The second kappa shape index (κ2) is 6.83. The number of amides is 2. The Morgan fingerprint density at radius 1 is 1.36 bits per heavy atom. The number of imide groups is 1. The van der Waals surface area contributed by atoms with Crippen molar-refractivity contribution in [2.75, 3.05) is 5.75 Å². The van der Waals surface area contributed by atoms with Gasteiger partial charge in [-0.1, -0.05) is 30.3 Å². The third-order valence-electron chi connectivity index (χ3n) is 3.23. The van der Waals surface area contributed by atoms with Gasteiger partial charge in [0, 0.05) is 16.2 Å². The van der Waals surface area contributed by atoms with E-state index in [-0.39, 0.29) is 16.7 Å². The van der Waals surface area contributed by atoms with Crippen LogP contribution >= 0.6 is 23.5 Å². The van der Waals surface area contributed by atoms with Crippen molar-refractivity contribution in [1.82, 2.24) is 5.32 Å². The van der Waals surface area contributed by atoms with E-state index in [4.69, 9.17) is 0 Å². The summed E-state index contributed by atoms with van der Waals surface area (Å²) in [5.74, 6) is 0.129. The zero-order valence-electron chi connectivity index (χ0n) is 12.1. The van der Waals surface area contributed by atoms with E-state index in [1.54, 1.807) is 19.1 Å². The standard InChI is InChI=1S/C15H15F2NO2S2/c1-3-11(9-4-6-10(7-5-9)12(16)17)21-8-15(2)13(19)18-14(20)22-15/h3-7,12H,8H2,1-2H3,(H,18,19,20)/b11-3-. The van der Waals surface area contributed by atoms with Crippen LogP contribution in [0.25, 0.3) is 4.91 Å². The van der Waals surface area contributed by atoms with Crippen LogP contribution in [0.2, 0.25) is 0 Å². The van der Waals surface area contributed by atoms with Crippen LogP contribution in [-0.4, -0.2) is 21.6 Å². The fourth-order valence-corrected chi connectivity index (χ4v) is 4.08. The Morgan fingerprint density at radius 2 is 2.00 bits per heavy atom. The maximum Gasteiger partial charge on any atom is 0.286 e. The Balaban J connectivity index is 2.07. The summed E-state index contributed by atoms with van der Waals surface area (Å²) in [7, 11) is 0. The Hall–Kier alpha value is -1.34. The van der Waals surface area contributed by atoms with Gasteiger partial charge in [-0.05, 0) is 31.2 Å². The molecule has 1 aliphatic rings. The summed E-state index contributed by atoms with van der Waals surface area (Å²) in [5, 5.41) is 1.94. The molecule has 0 aliphatic carbocycles. The van der Waals surface area contributed by atoms with E-state index in [1.807, 2.05) is 13.0 Å². The third kappa shape index (κ3) is 3.70. The number of benzene rings is 1. The average molecular weight is 343 g/mol. The van der Waals surface area contributed by atoms with Crippen molar-refractivity contribution in [3.05, 3.63) is 41.5 Å². The predicted molar refractivity (Wildman–Crippen MR) is 87.0 cm³/mol. The Kier molecular flexibility index (Phi) is 5.28. The molecule has 1 aromatic carbocycles. The first-order chi connectivity index (χ1) is 10.4. The average Bonchev–Trinajstić information content (AvgIpc) is 2.73. The van der Waals surface area contributed by atoms with Gasteiger partial charge in [0.05, 0.1) is 0 Å². The molecule has 0 aromatic heterocycles. The van der Waals surface area contributed by atoms with Crippen molar-refractivity contribution in [2.45, 2.75) is 25.0 Å². The minimum absolute atomic E-state index is 0.0208. The molecule has 22 heavy (non-hydrogen) atoms. The molecule has 0 spiro atoms. The van der Waals surface area contributed by atoms with Crippen molar-refractivity contribution in [3.8, 4) is 0 Å². The molecule has 7 heteroatoms. The second-order valence-electron chi connectivity index (χ2n) is 4.94. The molecule has 0 bridgehead atoms. The summed E-state index contributed by atoms with van der Waals surface area (Å²) < 4.78 is 24.3. The molecule has 0 radical (unpaired) electrons. The fraction of sp³-hybridized carbons (Fsp3) is 0.333. The number of nitrogens with one attached hydrogen (secondary N) is 1. The van der Waals surface area contributed by atoms with Crippen molar-refractivity contribution >= 4 is 39.6 Å². The largest absolute Gasteiger partial charge is 0.286 e. The molecule has 1 atom stereocenters. The van der Waals surface area contributed by atoms with Crippen LogP contribution in [0.1, 0.15) is 31.4 Å². The molecule has 2 rings (SSSR count). The lowest BCUT2D eigenvalue weighted by Gasteiger charge is -2.18. The first-order valence-electron chi connectivity index (χ1n) is 6.58. The fourth-order valence-electron chi connectivity index (χ4n) is 1.94. The first-order valence-corrected chi connectivity index (χ1v) is 8.38. The van der Waals surface area contributed by atoms with Gasteiger partial charge in [0.1, 0.15) is 4.75 Å². The van der Waals surface area contributed by atoms with Gasteiger partial charge in [0.2, 0.25) is 5.91 Å². The zero-order chi connectivity index (χ0) is 16.3. The summed E-state index contributed by atoms with van der Waals surface area (Å²) in [6.45, 7) is 3.57. The second-order valence-corrected chi connectivity index (χ2v) is 7.43. The number of thioether (sulfide) groups is 2. The Morgan fingerprint density at radius 3 is 2.45 bits per heavy atom. The van der Waals surface area contributed by atoms with Gasteiger partial charge >= 0.3 is 0 Å². The molecule has 1 N–H and O–H groups in total. The lowest BCUT2D eigenvalue weighted by atomic mass is 10.1. The maximum atomic E-state index is 12.6. The highest BCUT2D eigenvalue weighted by atomic mass is 32.2. The SMILES string of the molecule is C/C=C(\SCC1(C)SC(=O)NC1=O)c1ccc(C(F)F)cc1. The summed E-state index contributed by atoms with van der Waals surface area (Å²) in [6, 6.07) is 6.07. The highest BCUT2D eigenvalue weighted by Gasteiger charge is 2.43. The number of hydrogen-bond acceptors (Lipinski definition) is 4. The molecule has 1 saturated heterocycles. The lowest BCUT2D eigenvalue weighted by molar-refractivity contribution is -0.120. The number of alkyl halides is 2. The normalized spacial score (nSPS) is 22.3. The highest BCUT2D eigenvalue weighted by molar-refractivity contribution is 8.17. The van der Waals surface area contributed by atoms with E-state index >= 15 is 0 Å². The predicted octanol–water partition coefficient (Wildman–Crippen LogP) is 4.46. The summed E-state index contributed by atoms with van der Waals surface area (Å²) in [4.78, 5) is 24.0. The van der Waals surface area contributed by atoms with Crippen LogP contribution in [0, 0.1) is 0 Å². The van der Waals surface area contributed by atoms with Gasteiger partial charge in [-0.3, -0.25) is 14.9 Å². The molecule has 2 amide bonds. The molecular weight excluding hydrogens is 328 g/mol. The third-order valence-corrected chi connectivity index (χ3v) is 5.98. The first kappa shape index (κ1) is 17.0. The van der Waals surface area contributed by atoms with Gasteiger partial charge in [0.25, 0.3) is 11.7 Å². The number of allylic oxidation sites excluding steroid dienone is 1. The molecule has 1 aliphatic heterocycles. The van der Waals surface area contributed by atoms with E-state index in [1.165, 1.54) is 23.9 Å². The number of halogens is 2.